The standard InChI is InChI=1S/C24H24N4O3.C21H22N4O2.C13H15N3.C8H9NO3.C3H3ClO.ClH/c1-3-23(29)26-18-8-9-19(21(13-18)31-2)24(30)28-11-10-16(15-28)12-22-25-14-17-6-4-5-7-20(17)27-22;1-27-19-11-16(22)6-7-17(19)21(26)25-9-8-14(13-25)10-20-23-12-15-4-2-3-5-18(15)24-20;1-2-4-12-11(3-1)9-15-13(16-12)7-10-5-6-14-8-10;1-12-7-4-5(9)2-3-6(7)8(10)11;1-2-3(4)5;/h3-9,13-14,16H,1,10-12,15H2,2H3,(H,26,29);2-7,11-12,14H,8-10,13,22H2,1H3;1-4,9-10,14H,5-8H2;2-4H,9H2,1H3,(H,10,11);2H,1H2;1H/t16-;14-;10-;;;/m000.../s1. The highest BCUT2D eigenvalue weighted by atomic mass is 35.5. The molecule has 6 heterocycles. The largest absolute Gasteiger partial charge is 0.496 e. The van der Waals surface area contributed by atoms with Crippen LogP contribution in [-0.2, 0) is 28.9 Å². The van der Waals surface area contributed by atoms with Crippen LogP contribution in [0.15, 0.2) is 171 Å². The number of amides is 3. The smallest absolute Gasteiger partial charge is 0.339 e. The van der Waals surface area contributed by atoms with Gasteiger partial charge in [0.2, 0.25) is 11.1 Å². The lowest BCUT2D eigenvalue weighted by Crippen LogP contribution is -2.29. The van der Waals surface area contributed by atoms with Gasteiger partial charge in [-0.2, -0.15) is 0 Å². The van der Waals surface area contributed by atoms with Crippen molar-refractivity contribution >= 4 is 103 Å². The number of aromatic nitrogens is 6. The number of nitrogens with two attached hydrogens (primary N) is 2. The van der Waals surface area contributed by atoms with Gasteiger partial charge in [0.05, 0.1) is 49.0 Å². The Balaban J connectivity index is 0.000000178. The second-order valence-electron chi connectivity index (χ2n) is 21.7. The van der Waals surface area contributed by atoms with E-state index in [-0.39, 0.29) is 41.4 Å². The first-order chi connectivity index (χ1) is 44.0. The summed E-state index contributed by atoms with van der Waals surface area (Å²) in [6.45, 7) is 11.5. The summed E-state index contributed by atoms with van der Waals surface area (Å²) in [5.41, 5.74) is 16.9. The van der Waals surface area contributed by atoms with E-state index >= 15 is 0 Å². The fraction of sp³-hybridized carbons (Fsp3) is 0.261. The molecule has 0 bridgehead atoms. The van der Waals surface area contributed by atoms with Crippen molar-refractivity contribution in [2.45, 2.75) is 38.5 Å². The minimum Gasteiger partial charge on any atom is -0.496 e. The number of likely N-dealkylation sites (tertiary alicyclic amines) is 2. The van der Waals surface area contributed by atoms with Crippen LogP contribution in [0.1, 0.15) is 67.8 Å². The average molecular weight is 1290 g/mol. The van der Waals surface area contributed by atoms with Crippen LogP contribution in [0.4, 0.5) is 17.1 Å². The number of nitrogens with one attached hydrogen (secondary N) is 2. The van der Waals surface area contributed by atoms with Crippen LogP contribution in [-0.4, -0.2) is 134 Å². The minimum absolute atomic E-state index is 0. The number of nitrogens with zero attached hydrogens (tertiary/aromatic N) is 8. The summed E-state index contributed by atoms with van der Waals surface area (Å²) in [7, 11) is 4.46. The Labute approximate surface area is 544 Å². The topological polar surface area (TPSA) is 293 Å². The molecule has 12 rings (SSSR count). The van der Waals surface area contributed by atoms with Crippen molar-refractivity contribution in [1.29, 1.82) is 0 Å². The number of anilines is 3. The number of para-hydroxylation sites is 3. The Bertz CT molecular complexity index is 4060. The van der Waals surface area contributed by atoms with Crippen LogP contribution < -0.4 is 36.3 Å². The number of carboxylic acids is 1. The molecule has 3 aliphatic heterocycles. The Morgan fingerprint density at radius 3 is 1.39 bits per heavy atom. The van der Waals surface area contributed by atoms with Gasteiger partial charge < -0.3 is 51.2 Å². The first-order valence-corrected chi connectivity index (χ1v) is 29.9. The number of hydrogen-bond donors (Lipinski definition) is 5. The number of hydrogen-bond acceptors (Lipinski definition) is 17. The summed E-state index contributed by atoms with van der Waals surface area (Å²) in [5, 5.41) is 17.4. The Morgan fingerprint density at radius 2 is 0.989 bits per heavy atom. The molecule has 3 amide bonds. The van der Waals surface area contributed by atoms with Crippen molar-refractivity contribution in [3.05, 3.63) is 205 Å². The number of ether oxygens (including phenoxy) is 3. The molecule has 21 nitrogen and oxygen atoms in total. The Morgan fingerprint density at radius 1 is 0.587 bits per heavy atom. The summed E-state index contributed by atoms with van der Waals surface area (Å²) in [6.07, 6.45) is 13.5. The van der Waals surface area contributed by atoms with Crippen molar-refractivity contribution in [1.82, 2.24) is 45.0 Å². The highest BCUT2D eigenvalue weighted by Crippen LogP contribution is 2.30. The van der Waals surface area contributed by atoms with Gasteiger partial charge in [0, 0.05) is 115 Å². The van der Waals surface area contributed by atoms with Crippen LogP contribution in [0.3, 0.4) is 0 Å². The van der Waals surface area contributed by atoms with Gasteiger partial charge in [-0.1, -0.05) is 67.8 Å². The average Bonchev–Trinajstić information content (AvgIpc) is 1.70. The number of carbonyl (C=O) groups is 5. The number of nitrogen functional groups attached to an aromatic ring is 2. The van der Waals surface area contributed by atoms with Crippen LogP contribution in [0, 0.1) is 17.8 Å². The van der Waals surface area contributed by atoms with Gasteiger partial charge in [-0.3, -0.25) is 19.2 Å². The van der Waals surface area contributed by atoms with Crippen molar-refractivity contribution in [2.75, 3.05) is 77.4 Å². The van der Waals surface area contributed by atoms with Gasteiger partial charge in [-0.25, -0.2) is 34.7 Å². The molecule has 3 aliphatic rings. The monoisotopic (exact) mass is 1280 g/mol. The van der Waals surface area contributed by atoms with Gasteiger partial charge in [-0.15, -0.1) is 12.4 Å². The van der Waals surface area contributed by atoms with E-state index in [0.717, 1.165) is 108 Å². The molecule has 0 spiro atoms. The number of carboxylic acid groups (broad SMARTS) is 1. The molecule has 23 heteroatoms. The van der Waals surface area contributed by atoms with Gasteiger partial charge in [0.1, 0.15) is 40.3 Å². The van der Waals surface area contributed by atoms with Crippen molar-refractivity contribution in [2.24, 2.45) is 17.8 Å². The highest BCUT2D eigenvalue weighted by molar-refractivity contribution is 6.66. The second kappa shape index (κ2) is 34.2. The number of allylic oxidation sites excluding steroid dienone is 1. The van der Waals surface area contributed by atoms with Crippen molar-refractivity contribution in [3.63, 3.8) is 0 Å². The van der Waals surface area contributed by atoms with Crippen molar-refractivity contribution in [3.8, 4) is 17.2 Å². The number of carbonyl (C=O) groups excluding carboxylic acids is 4. The number of halogens is 2. The third-order valence-electron chi connectivity index (χ3n) is 15.3. The number of fused-ring (bicyclic) bond motifs is 3. The normalized spacial score (nSPS) is 15.3. The fourth-order valence-corrected chi connectivity index (χ4v) is 10.6. The quantitative estimate of drug-likeness (QED) is 0.0362. The summed E-state index contributed by atoms with van der Waals surface area (Å²) in [5.74, 6) is 3.76. The molecule has 3 aromatic heterocycles. The molecule has 9 aromatic rings. The minimum atomic E-state index is -1.02. The predicted molar refractivity (Wildman–Crippen MR) is 361 cm³/mol. The van der Waals surface area contributed by atoms with E-state index in [0.29, 0.717) is 77.1 Å². The van der Waals surface area contributed by atoms with E-state index in [1.807, 2.05) is 95.1 Å². The molecule has 0 radical (unpaired) electrons. The molecule has 478 valence electrons. The van der Waals surface area contributed by atoms with Crippen LogP contribution in [0.25, 0.3) is 32.7 Å². The maximum absolute atomic E-state index is 13.1. The molecule has 3 saturated heterocycles. The first kappa shape index (κ1) is 69.4. The van der Waals surface area contributed by atoms with Gasteiger partial charge in [-0.05, 0) is 128 Å². The molecule has 0 saturated carbocycles. The second-order valence-corrected chi connectivity index (χ2v) is 22.0. The van der Waals surface area contributed by atoms with Crippen LogP contribution in [0.2, 0.25) is 0 Å². The number of aromatic carboxylic acids is 1. The van der Waals surface area contributed by atoms with E-state index in [9.17, 15) is 24.0 Å². The third-order valence-corrected chi connectivity index (χ3v) is 15.5. The molecule has 92 heavy (non-hydrogen) atoms. The van der Waals surface area contributed by atoms with Gasteiger partial charge in [0.25, 0.3) is 11.8 Å². The lowest BCUT2D eigenvalue weighted by molar-refractivity contribution is -0.112. The number of benzene rings is 6. The molecular weight excluding hydrogens is 1210 g/mol. The highest BCUT2D eigenvalue weighted by Gasteiger charge is 2.31. The van der Waals surface area contributed by atoms with E-state index in [4.69, 9.17) is 42.4 Å². The first-order valence-electron chi connectivity index (χ1n) is 29.5. The van der Waals surface area contributed by atoms with Gasteiger partial charge in [0.15, 0.2) is 0 Å². The molecule has 0 unspecified atom stereocenters. The molecule has 0 aliphatic carbocycles. The van der Waals surface area contributed by atoms with E-state index in [1.165, 1.54) is 44.9 Å². The zero-order valence-electron chi connectivity index (χ0n) is 51.4. The van der Waals surface area contributed by atoms with Crippen LogP contribution in [0.5, 0.6) is 17.2 Å². The number of rotatable bonds is 15. The van der Waals surface area contributed by atoms with E-state index in [2.05, 4.69) is 59.8 Å². The molecular formula is C69H74Cl2N12O9. The summed E-state index contributed by atoms with van der Waals surface area (Å²) in [4.78, 5) is 88.6. The van der Waals surface area contributed by atoms with E-state index in [1.54, 1.807) is 43.5 Å². The predicted octanol–water partition coefficient (Wildman–Crippen LogP) is 10.5. The van der Waals surface area contributed by atoms with Gasteiger partial charge >= 0.3 is 5.97 Å². The molecule has 7 N–H and O–H groups in total. The lowest BCUT2D eigenvalue weighted by Gasteiger charge is -2.19. The summed E-state index contributed by atoms with van der Waals surface area (Å²) < 4.78 is 15.6. The zero-order chi connectivity index (χ0) is 64.8. The molecule has 6 aromatic carbocycles. The third kappa shape index (κ3) is 19.5. The summed E-state index contributed by atoms with van der Waals surface area (Å²) in [6, 6.07) is 38.6. The van der Waals surface area contributed by atoms with E-state index < -0.39 is 11.2 Å². The Hall–Kier alpha value is -10.1. The maximum atomic E-state index is 13.1. The molecule has 3 atom stereocenters. The van der Waals surface area contributed by atoms with Crippen LogP contribution >= 0.6 is 24.0 Å². The summed E-state index contributed by atoms with van der Waals surface area (Å²) >= 11 is 4.71. The lowest BCUT2D eigenvalue weighted by atomic mass is 10.0. The Kier molecular flexibility index (Phi) is 25.8. The van der Waals surface area contributed by atoms with Crippen molar-refractivity contribution < 1.29 is 43.3 Å². The SMILES string of the molecule is C=CC(=O)Cl.C=CC(=O)Nc1ccc(C(=O)N2CC[C@@H](Cc3ncc4ccccc4n3)C2)c(OC)c1.COc1cc(N)ccc1C(=O)N1CC[C@@H](Cc2ncc3ccccc3n2)C1.COc1cc(N)ccc1C(=O)O.Cl.c1ccc2nc(C[C@@H]3CCNC3)ncc2c1. The maximum Gasteiger partial charge on any atom is 0.339 e. The zero-order valence-corrected chi connectivity index (χ0v) is 52.9. The number of methoxy groups -OCH3 is 3. The fourth-order valence-electron chi connectivity index (χ4n) is 10.6. The molecule has 3 fully saturated rings.